The number of para-hydroxylation sites is 2. The van der Waals surface area contributed by atoms with Crippen molar-refractivity contribution in [2.45, 2.75) is 32.7 Å². The molecule has 1 aliphatic rings. The van der Waals surface area contributed by atoms with Crippen LogP contribution in [-0.2, 0) is 4.79 Å². The SMILES string of the molecule is COc1ccccc1N1CCC(CNC(=O)[C@@H](N)CC(C)C)C1.Cl.Cl. The molecule has 1 unspecified atom stereocenters. The number of ether oxygens (including phenoxy) is 1. The lowest BCUT2D eigenvalue weighted by Crippen LogP contribution is -2.43. The van der Waals surface area contributed by atoms with Crippen LogP contribution in [-0.4, -0.2) is 38.7 Å². The minimum Gasteiger partial charge on any atom is -0.495 e. The summed E-state index contributed by atoms with van der Waals surface area (Å²) in [6.45, 7) is 6.76. The number of carbonyl (C=O) groups excluding carboxylic acids is 1. The summed E-state index contributed by atoms with van der Waals surface area (Å²) in [6, 6.07) is 7.67. The van der Waals surface area contributed by atoms with Crippen LogP contribution in [0, 0.1) is 11.8 Å². The molecule has 1 saturated heterocycles. The van der Waals surface area contributed by atoms with Crippen LogP contribution in [0.5, 0.6) is 5.75 Å². The maximum atomic E-state index is 12.0. The van der Waals surface area contributed by atoms with E-state index in [1.807, 2.05) is 18.2 Å². The average molecular weight is 392 g/mol. The van der Waals surface area contributed by atoms with Gasteiger partial charge in [-0.05, 0) is 36.8 Å². The molecule has 1 amide bonds. The zero-order chi connectivity index (χ0) is 16.8. The van der Waals surface area contributed by atoms with Gasteiger partial charge in [0.15, 0.2) is 0 Å². The summed E-state index contributed by atoms with van der Waals surface area (Å²) in [7, 11) is 1.70. The molecule has 5 nitrogen and oxygen atoms in total. The van der Waals surface area contributed by atoms with Gasteiger partial charge in [-0.3, -0.25) is 4.79 Å². The first-order valence-electron chi connectivity index (χ1n) is 8.42. The second kappa shape index (κ2) is 11.4. The van der Waals surface area contributed by atoms with Crippen LogP contribution < -0.4 is 20.7 Å². The van der Waals surface area contributed by atoms with Gasteiger partial charge in [-0.1, -0.05) is 26.0 Å². The molecule has 0 aromatic heterocycles. The van der Waals surface area contributed by atoms with Crippen LogP contribution >= 0.6 is 24.8 Å². The summed E-state index contributed by atoms with van der Waals surface area (Å²) < 4.78 is 5.43. The third-order valence-electron chi connectivity index (χ3n) is 4.34. The third-order valence-corrected chi connectivity index (χ3v) is 4.34. The number of nitrogens with zero attached hydrogens (tertiary/aromatic N) is 1. The maximum Gasteiger partial charge on any atom is 0.236 e. The van der Waals surface area contributed by atoms with Crippen molar-refractivity contribution in [2.24, 2.45) is 17.6 Å². The molecule has 1 fully saturated rings. The Labute approximate surface area is 163 Å². The number of hydrogen-bond acceptors (Lipinski definition) is 4. The minimum absolute atomic E-state index is 0. The summed E-state index contributed by atoms with van der Waals surface area (Å²) in [4.78, 5) is 14.3. The normalized spacial score (nSPS) is 17.5. The number of hydrogen-bond donors (Lipinski definition) is 2. The van der Waals surface area contributed by atoms with E-state index in [1.165, 1.54) is 0 Å². The fourth-order valence-electron chi connectivity index (χ4n) is 3.10. The van der Waals surface area contributed by atoms with Gasteiger partial charge in [0.25, 0.3) is 0 Å². The van der Waals surface area contributed by atoms with Crippen LogP contribution in [0.15, 0.2) is 24.3 Å². The van der Waals surface area contributed by atoms with Crippen molar-refractivity contribution in [3.8, 4) is 5.75 Å². The summed E-state index contributed by atoms with van der Waals surface area (Å²) >= 11 is 0. The van der Waals surface area contributed by atoms with Crippen LogP contribution in [0.1, 0.15) is 26.7 Å². The van der Waals surface area contributed by atoms with E-state index in [4.69, 9.17) is 10.5 Å². The fraction of sp³-hybridized carbons (Fsp3) is 0.611. The van der Waals surface area contributed by atoms with E-state index in [9.17, 15) is 4.79 Å². The zero-order valence-electron chi connectivity index (χ0n) is 15.2. The summed E-state index contributed by atoms with van der Waals surface area (Å²) in [5.41, 5.74) is 7.05. The van der Waals surface area contributed by atoms with E-state index in [2.05, 4.69) is 30.1 Å². The number of nitrogens with one attached hydrogen (secondary N) is 1. The number of carbonyl (C=O) groups is 1. The molecule has 0 aliphatic carbocycles. The van der Waals surface area contributed by atoms with Gasteiger partial charge < -0.3 is 20.7 Å². The first kappa shape index (κ1) is 23.8. The Hall–Kier alpha value is -1.17. The fourth-order valence-corrected chi connectivity index (χ4v) is 3.10. The Morgan fingerprint density at radius 1 is 1.36 bits per heavy atom. The Bertz CT molecular complexity index is 529. The molecule has 0 bridgehead atoms. The van der Waals surface area contributed by atoms with Gasteiger partial charge >= 0.3 is 0 Å². The van der Waals surface area contributed by atoms with E-state index in [0.717, 1.165) is 37.4 Å². The molecular weight excluding hydrogens is 361 g/mol. The number of halogens is 2. The molecule has 3 N–H and O–H groups in total. The van der Waals surface area contributed by atoms with E-state index < -0.39 is 6.04 Å². The van der Waals surface area contributed by atoms with E-state index in [0.29, 0.717) is 18.4 Å². The molecule has 2 atom stereocenters. The molecule has 1 aromatic carbocycles. The van der Waals surface area contributed by atoms with Crippen molar-refractivity contribution in [3.05, 3.63) is 24.3 Å². The Balaban J connectivity index is 0.00000288. The quantitative estimate of drug-likeness (QED) is 0.749. The molecule has 25 heavy (non-hydrogen) atoms. The Kier molecular flexibility index (Phi) is 10.9. The molecule has 0 saturated carbocycles. The molecule has 144 valence electrons. The van der Waals surface area contributed by atoms with E-state index in [1.54, 1.807) is 7.11 Å². The highest BCUT2D eigenvalue weighted by atomic mass is 35.5. The smallest absolute Gasteiger partial charge is 0.236 e. The molecular formula is C18H31Cl2N3O2. The first-order chi connectivity index (χ1) is 11.0. The first-order valence-corrected chi connectivity index (χ1v) is 8.42. The highest BCUT2D eigenvalue weighted by Gasteiger charge is 2.25. The average Bonchev–Trinajstić information content (AvgIpc) is 3.00. The van der Waals surface area contributed by atoms with Crippen LogP contribution in [0.3, 0.4) is 0 Å². The molecule has 7 heteroatoms. The number of rotatable bonds is 7. The summed E-state index contributed by atoms with van der Waals surface area (Å²) in [6.07, 6.45) is 1.79. The molecule has 1 aromatic rings. The number of nitrogens with two attached hydrogens (primary N) is 1. The van der Waals surface area contributed by atoms with Crippen molar-refractivity contribution in [1.29, 1.82) is 0 Å². The number of benzene rings is 1. The number of methoxy groups -OCH3 is 1. The minimum atomic E-state index is -0.401. The lowest BCUT2D eigenvalue weighted by atomic mass is 10.0. The second-order valence-corrected chi connectivity index (χ2v) is 6.75. The van der Waals surface area contributed by atoms with Gasteiger partial charge in [0.05, 0.1) is 18.8 Å². The van der Waals surface area contributed by atoms with Crippen molar-refractivity contribution in [2.75, 3.05) is 31.6 Å². The molecule has 0 spiro atoms. The van der Waals surface area contributed by atoms with Gasteiger partial charge in [-0.25, -0.2) is 0 Å². The van der Waals surface area contributed by atoms with Crippen molar-refractivity contribution < 1.29 is 9.53 Å². The van der Waals surface area contributed by atoms with Crippen molar-refractivity contribution in [3.63, 3.8) is 0 Å². The Morgan fingerprint density at radius 2 is 2.04 bits per heavy atom. The van der Waals surface area contributed by atoms with Gasteiger partial charge in [0.2, 0.25) is 5.91 Å². The molecule has 1 heterocycles. The second-order valence-electron chi connectivity index (χ2n) is 6.75. The topological polar surface area (TPSA) is 67.6 Å². The lowest BCUT2D eigenvalue weighted by Gasteiger charge is -2.21. The van der Waals surface area contributed by atoms with Crippen LogP contribution in [0.2, 0.25) is 0 Å². The number of anilines is 1. The monoisotopic (exact) mass is 391 g/mol. The van der Waals surface area contributed by atoms with Crippen LogP contribution in [0.25, 0.3) is 0 Å². The summed E-state index contributed by atoms with van der Waals surface area (Å²) in [5, 5.41) is 3.01. The maximum absolute atomic E-state index is 12.0. The summed E-state index contributed by atoms with van der Waals surface area (Å²) in [5.74, 6) is 1.75. The molecule has 0 radical (unpaired) electrons. The highest BCUT2D eigenvalue weighted by Crippen LogP contribution is 2.31. The molecule has 2 rings (SSSR count). The highest BCUT2D eigenvalue weighted by molar-refractivity contribution is 5.85. The number of amides is 1. The third kappa shape index (κ3) is 6.92. The largest absolute Gasteiger partial charge is 0.495 e. The lowest BCUT2D eigenvalue weighted by molar-refractivity contribution is -0.122. The van der Waals surface area contributed by atoms with Crippen molar-refractivity contribution in [1.82, 2.24) is 5.32 Å². The predicted molar refractivity (Wildman–Crippen MR) is 108 cm³/mol. The van der Waals surface area contributed by atoms with Crippen LogP contribution in [0.4, 0.5) is 5.69 Å². The van der Waals surface area contributed by atoms with Gasteiger partial charge in [0.1, 0.15) is 5.75 Å². The standard InChI is InChI=1S/C18H29N3O2.2ClH/c1-13(2)10-15(19)18(22)20-11-14-8-9-21(12-14)16-6-4-5-7-17(16)23-3;;/h4-7,13-15H,8-12,19H2,1-3H3,(H,20,22);2*1H/t14?,15-;;/m0../s1. The van der Waals surface area contributed by atoms with Gasteiger partial charge in [0, 0.05) is 19.6 Å². The molecule has 1 aliphatic heterocycles. The predicted octanol–water partition coefficient (Wildman–Crippen LogP) is 2.85. The van der Waals surface area contributed by atoms with Gasteiger partial charge in [-0.15, -0.1) is 24.8 Å². The van der Waals surface area contributed by atoms with Crippen molar-refractivity contribution >= 4 is 36.4 Å². The zero-order valence-corrected chi connectivity index (χ0v) is 16.9. The van der Waals surface area contributed by atoms with Gasteiger partial charge in [-0.2, -0.15) is 0 Å². The van der Waals surface area contributed by atoms with E-state index in [-0.39, 0.29) is 30.7 Å². The van der Waals surface area contributed by atoms with E-state index >= 15 is 0 Å². The Morgan fingerprint density at radius 3 is 2.68 bits per heavy atom.